The first kappa shape index (κ1) is 26.1. The quantitative estimate of drug-likeness (QED) is 0.206. The average Bonchev–Trinajstić information content (AvgIpc) is 3.23. The Kier molecular flexibility index (Phi) is 6.80. The van der Waals surface area contributed by atoms with E-state index in [9.17, 15) is 9.59 Å². The van der Waals surface area contributed by atoms with Crippen molar-refractivity contribution in [2.24, 2.45) is 0 Å². The molecule has 200 valence electrons. The van der Waals surface area contributed by atoms with E-state index in [0.29, 0.717) is 24.3 Å². The molecule has 4 aromatic carbocycles. The van der Waals surface area contributed by atoms with Gasteiger partial charge in [-0.25, -0.2) is 4.79 Å². The lowest BCUT2D eigenvalue weighted by atomic mass is 9.92. The standard InChI is InChI=1S/C34H29BrN2O3/c1-4-40-34(39)27-16-25-15-26(17-27)32-20(2)30-18-23(33(38)36-21(3)22-9-12-28(35)13-10-22)11-14-31(30)37(32)19-24-7-5-6-8-29(24)25/h5-18,21H,4,19H2,1-3H3,(H,36,38)/t21-/m0/s1. The number of aryl methyl sites for hydroxylation is 1. The van der Waals surface area contributed by atoms with Crippen LogP contribution in [0.25, 0.3) is 33.3 Å². The zero-order valence-corrected chi connectivity index (χ0v) is 24.2. The van der Waals surface area contributed by atoms with Gasteiger partial charge in [-0.15, -0.1) is 0 Å². The first-order valence-corrected chi connectivity index (χ1v) is 14.2. The van der Waals surface area contributed by atoms with E-state index in [1.54, 1.807) is 0 Å². The summed E-state index contributed by atoms with van der Waals surface area (Å²) in [4.78, 5) is 26.1. The largest absolute Gasteiger partial charge is 0.462 e. The lowest BCUT2D eigenvalue weighted by molar-refractivity contribution is 0.0526. The molecule has 0 unspecified atom stereocenters. The molecule has 5 nitrogen and oxygen atoms in total. The average molecular weight is 594 g/mol. The summed E-state index contributed by atoms with van der Waals surface area (Å²) >= 11 is 3.47. The summed E-state index contributed by atoms with van der Waals surface area (Å²) in [5.41, 5.74) is 9.54. The molecule has 2 heterocycles. The van der Waals surface area contributed by atoms with Gasteiger partial charge in [-0.2, -0.15) is 0 Å². The second-order valence-electron chi connectivity index (χ2n) is 10.2. The van der Waals surface area contributed by atoms with Crippen molar-refractivity contribution in [3.63, 3.8) is 0 Å². The van der Waals surface area contributed by atoms with E-state index < -0.39 is 0 Å². The summed E-state index contributed by atoms with van der Waals surface area (Å²) in [7, 11) is 0. The fourth-order valence-corrected chi connectivity index (χ4v) is 5.94. The molecule has 40 heavy (non-hydrogen) atoms. The van der Waals surface area contributed by atoms with E-state index in [1.807, 2.05) is 80.6 Å². The highest BCUT2D eigenvalue weighted by Crippen LogP contribution is 2.40. The number of fused-ring (bicyclic) bond motifs is 8. The van der Waals surface area contributed by atoms with Gasteiger partial charge >= 0.3 is 5.97 Å². The molecule has 1 N–H and O–H groups in total. The van der Waals surface area contributed by atoms with Gasteiger partial charge in [0.15, 0.2) is 0 Å². The van der Waals surface area contributed by atoms with Crippen LogP contribution in [0.3, 0.4) is 0 Å². The number of hydrogen-bond donors (Lipinski definition) is 1. The zero-order valence-electron chi connectivity index (χ0n) is 22.6. The number of esters is 1. The van der Waals surface area contributed by atoms with Crippen molar-refractivity contribution in [3.05, 3.63) is 117 Å². The Hall–Kier alpha value is -4.16. The van der Waals surface area contributed by atoms with Gasteiger partial charge in [0, 0.05) is 27.5 Å². The summed E-state index contributed by atoms with van der Waals surface area (Å²) in [6.45, 7) is 6.89. The molecule has 1 aliphatic heterocycles. The monoisotopic (exact) mass is 592 g/mol. The molecule has 0 aliphatic carbocycles. The summed E-state index contributed by atoms with van der Waals surface area (Å²) < 4.78 is 8.66. The fraction of sp³-hybridized carbons (Fsp3) is 0.176. The van der Waals surface area contributed by atoms with E-state index in [1.165, 1.54) is 0 Å². The Balaban J connectivity index is 1.45. The number of nitrogens with one attached hydrogen (secondary N) is 1. The number of hydrogen-bond acceptors (Lipinski definition) is 3. The van der Waals surface area contributed by atoms with Crippen molar-refractivity contribution in [1.29, 1.82) is 0 Å². The van der Waals surface area contributed by atoms with Gasteiger partial charge in [0.25, 0.3) is 5.91 Å². The molecule has 1 amide bonds. The van der Waals surface area contributed by atoms with Crippen LogP contribution in [0.1, 0.15) is 57.3 Å². The molecule has 5 aromatic rings. The maximum atomic E-state index is 13.3. The molecule has 1 atom stereocenters. The highest BCUT2D eigenvalue weighted by Gasteiger charge is 2.23. The third-order valence-electron chi connectivity index (χ3n) is 7.67. The van der Waals surface area contributed by atoms with Crippen molar-refractivity contribution < 1.29 is 14.3 Å². The van der Waals surface area contributed by atoms with Crippen molar-refractivity contribution >= 4 is 38.7 Å². The normalized spacial score (nSPS) is 12.6. The third-order valence-corrected chi connectivity index (χ3v) is 8.20. The Morgan fingerprint density at radius 1 is 0.950 bits per heavy atom. The highest BCUT2D eigenvalue weighted by atomic mass is 79.9. The van der Waals surface area contributed by atoms with E-state index >= 15 is 0 Å². The highest BCUT2D eigenvalue weighted by molar-refractivity contribution is 9.10. The number of carbonyl (C=O) groups excluding carboxylic acids is 2. The van der Waals surface area contributed by atoms with E-state index in [4.69, 9.17) is 4.74 Å². The second-order valence-corrected chi connectivity index (χ2v) is 11.1. The first-order chi connectivity index (χ1) is 19.3. The number of halogens is 1. The molecule has 6 heteroatoms. The molecule has 6 rings (SSSR count). The Bertz CT molecular complexity index is 1790. The summed E-state index contributed by atoms with van der Waals surface area (Å²) in [5, 5.41) is 4.15. The minimum absolute atomic E-state index is 0.118. The van der Waals surface area contributed by atoms with Crippen LogP contribution in [-0.4, -0.2) is 23.1 Å². The fourth-order valence-electron chi connectivity index (χ4n) is 5.68. The smallest absolute Gasteiger partial charge is 0.338 e. The number of amides is 1. The predicted molar refractivity (Wildman–Crippen MR) is 163 cm³/mol. The van der Waals surface area contributed by atoms with Crippen LogP contribution in [0.5, 0.6) is 0 Å². The van der Waals surface area contributed by atoms with Gasteiger partial charge in [-0.3, -0.25) is 4.79 Å². The van der Waals surface area contributed by atoms with Crippen LogP contribution < -0.4 is 5.32 Å². The van der Waals surface area contributed by atoms with Gasteiger partial charge < -0.3 is 14.6 Å². The van der Waals surface area contributed by atoms with Crippen molar-refractivity contribution in [1.82, 2.24) is 9.88 Å². The molecule has 0 saturated heterocycles. The summed E-state index contributed by atoms with van der Waals surface area (Å²) in [6, 6.07) is 28.0. The number of benzene rings is 4. The van der Waals surface area contributed by atoms with Gasteiger partial charge in [0.2, 0.25) is 0 Å². The van der Waals surface area contributed by atoms with Gasteiger partial charge in [0.1, 0.15) is 0 Å². The predicted octanol–water partition coefficient (Wildman–Crippen LogP) is 8.08. The molecule has 0 radical (unpaired) electrons. The number of carbonyl (C=O) groups is 2. The molecule has 0 fully saturated rings. The molecule has 2 bridgehead atoms. The Morgan fingerprint density at radius 2 is 1.70 bits per heavy atom. The van der Waals surface area contributed by atoms with Crippen molar-refractivity contribution in [3.8, 4) is 22.4 Å². The maximum absolute atomic E-state index is 13.3. The van der Waals surface area contributed by atoms with Gasteiger partial charge in [-0.1, -0.05) is 52.3 Å². The Labute approximate surface area is 241 Å². The zero-order chi connectivity index (χ0) is 28.0. The lowest BCUT2D eigenvalue weighted by Gasteiger charge is -2.20. The first-order valence-electron chi connectivity index (χ1n) is 13.4. The minimum atomic E-state index is -0.331. The second kappa shape index (κ2) is 10.4. The number of ether oxygens (including phenoxy) is 1. The van der Waals surface area contributed by atoms with Crippen molar-refractivity contribution in [2.75, 3.05) is 6.61 Å². The third kappa shape index (κ3) is 4.62. The maximum Gasteiger partial charge on any atom is 0.338 e. The van der Waals surface area contributed by atoms with Gasteiger partial charge in [-0.05, 0) is 103 Å². The van der Waals surface area contributed by atoms with E-state index in [2.05, 4.69) is 50.9 Å². The molecular formula is C34H29BrN2O3. The van der Waals surface area contributed by atoms with Crippen LogP contribution in [0.15, 0.2) is 89.4 Å². The SMILES string of the molecule is CCOC(=O)c1cc2cc(c1)-c1c(C)c3cc(C(=O)N[C@@H](C)c4ccc(Br)cc4)ccc3n1Cc1ccccc1-2. The summed E-state index contributed by atoms with van der Waals surface area (Å²) in [6.07, 6.45) is 0. The van der Waals surface area contributed by atoms with Gasteiger partial charge in [0.05, 0.1) is 23.9 Å². The minimum Gasteiger partial charge on any atom is -0.462 e. The van der Waals surface area contributed by atoms with Crippen LogP contribution >= 0.6 is 15.9 Å². The van der Waals surface area contributed by atoms with Crippen LogP contribution in [0.4, 0.5) is 0 Å². The van der Waals surface area contributed by atoms with Crippen LogP contribution in [0.2, 0.25) is 0 Å². The topological polar surface area (TPSA) is 60.3 Å². The number of nitrogens with zero attached hydrogens (tertiary/aromatic N) is 1. The van der Waals surface area contributed by atoms with Crippen LogP contribution in [-0.2, 0) is 11.3 Å². The molecule has 1 aromatic heterocycles. The van der Waals surface area contributed by atoms with E-state index in [0.717, 1.165) is 54.5 Å². The number of aromatic nitrogens is 1. The van der Waals surface area contributed by atoms with Crippen molar-refractivity contribution in [2.45, 2.75) is 33.4 Å². The lowest BCUT2D eigenvalue weighted by Crippen LogP contribution is -2.26. The van der Waals surface area contributed by atoms with Crippen LogP contribution in [0, 0.1) is 6.92 Å². The number of rotatable bonds is 5. The Morgan fingerprint density at radius 3 is 2.48 bits per heavy atom. The van der Waals surface area contributed by atoms with E-state index in [-0.39, 0.29) is 17.9 Å². The molecule has 1 aliphatic rings. The molecule has 0 saturated carbocycles. The summed E-state index contributed by atoms with van der Waals surface area (Å²) in [5.74, 6) is -0.449. The molecule has 0 spiro atoms. The molecular weight excluding hydrogens is 564 g/mol.